The normalized spacial score (nSPS) is 16.1. The second kappa shape index (κ2) is 5.87. The number of hydrogen-bond donors (Lipinski definition) is 2. The predicted octanol–water partition coefficient (Wildman–Crippen LogP) is 2.15. The number of ether oxygens (including phenoxy) is 1. The molecule has 1 fully saturated rings. The third kappa shape index (κ3) is 3.47. The average molecular weight is 248 g/mol. The molecule has 0 aliphatic heterocycles. The fourth-order valence-corrected chi connectivity index (χ4v) is 1.96. The van der Waals surface area contributed by atoms with Crippen LogP contribution in [-0.2, 0) is 4.79 Å². The lowest BCUT2D eigenvalue weighted by atomic mass is 10.1. The molecule has 0 saturated heterocycles. The Kier molecular flexibility index (Phi) is 4.20. The van der Waals surface area contributed by atoms with Crippen LogP contribution >= 0.6 is 0 Å². The molecule has 1 amide bonds. The Morgan fingerprint density at radius 3 is 2.89 bits per heavy atom. The number of carbonyl (C=O) groups excluding carboxylic acids is 1. The highest BCUT2D eigenvalue weighted by Gasteiger charge is 2.29. The fraction of sp³-hybridized carbons (Fsp3) is 0.500. The van der Waals surface area contributed by atoms with Gasteiger partial charge in [-0.05, 0) is 37.8 Å². The molecule has 18 heavy (non-hydrogen) atoms. The quantitative estimate of drug-likeness (QED) is 0.810. The van der Waals surface area contributed by atoms with Crippen LogP contribution in [0.25, 0.3) is 0 Å². The van der Waals surface area contributed by atoms with Crippen molar-refractivity contribution in [1.82, 2.24) is 0 Å². The molecule has 2 rings (SSSR count). The van der Waals surface area contributed by atoms with Crippen molar-refractivity contribution in [2.24, 2.45) is 11.7 Å². The second-order valence-electron chi connectivity index (χ2n) is 4.68. The van der Waals surface area contributed by atoms with Gasteiger partial charge in [0.25, 0.3) is 0 Å². The summed E-state index contributed by atoms with van der Waals surface area (Å²) >= 11 is 0. The van der Waals surface area contributed by atoms with Crippen molar-refractivity contribution in [2.75, 3.05) is 11.9 Å². The lowest BCUT2D eigenvalue weighted by molar-refractivity contribution is -0.116. The molecule has 1 unspecified atom stereocenters. The number of amides is 1. The Morgan fingerprint density at radius 2 is 2.22 bits per heavy atom. The first-order chi connectivity index (χ1) is 8.70. The fourth-order valence-electron chi connectivity index (χ4n) is 1.96. The summed E-state index contributed by atoms with van der Waals surface area (Å²) < 4.78 is 5.46. The van der Waals surface area contributed by atoms with Crippen molar-refractivity contribution < 1.29 is 9.53 Å². The Labute approximate surface area is 108 Å². The summed E-state index contributed by atoms with van der Waals surface area (Å²) in [5, 5.41) is 2.86. The molecule has 0 heterocycles. The van der Waals surface area contributed by atoms with Gasteiger partial charge in [0, 0.05) is 12.5 Å². The van der Waals surface area contributed by atoms with Crippen LogP contribution in [0.2, 0.25) is 0 Å². The zero-order valence-electron chi connectivity index (χ0n) is 10.7. The van der Waals surface area contributed by atoms with E-state index in [4.69, 9.17) is 10.5 Å². The van der Waals surface area contributed by atoms with Gasteiger partial charge in [-0.15, -0.1) is 0 Å². The molecule has 0 bridgehead atoms. The minimum Gasteiger partial charge on any atom is -0.492 e. The van der Waals surface area contributed by atoms with E-state index in [9.17, 15) is 4.79 Å². The van der Waals surface area contributed by atoms with E-state index in [1.807, 2.05) is 31.2 Å². The highest BCUT2D eigenvalue weighted by molar-refractivity contribution is 5.92. The summed E-state index contributed by atoms with van der Waals surface area (Å²) in [6.45, 7) is 2.50. The van der Waals surface area contributed by atoms with Crippen LogP contribution in [0.5, 0.6) is 5.75 Å². The maximum absolute atomic E-state index is 11.9. The number of nitrogens with one attached hydrogen (secondary N) is 1. The van der Waals surface area contributed by atoms with E-state index in [-0.39, 0.29) is 11.9 Å². The standard InChI is InChI=1S/C14H20N2O2/c1-2-18-13-6-4-3-5-12(13)16-14(17)9-11(15)10-7-8-10/h3-6,10-11H,2,7-9,15H2,1H3,(H,16,17). The van der Waals surface area contributed by atoms with Crippen molar-refractivity contribution in [3.63, 3.8) is 0 Å². The van der Waals surface area contributed by atoms with Crippen LogP contribution in [0, 0.1) is 5.92 Å². The van der Waals surface area contributed by atoms with Crippen molar-refractivity contribution in [1.29, 1.82) is 0 Å². The predicted molar refractivity (Wildman–Crippen MR) is 71.6 cm³/mol. The molecule has 0 radical (unpaired) electrons. The van der Waals surface area contributed by atoms with Gasteiger partial charge in [-0.2, -0.15) is 0 Å². The van der Waals surface area contributed by atoms with Crippen LogP contribution in [0.3, 0.4) is 0 Å². The van der Waals surface area contributed by atoms with Gasteiger partial charge in [0.15, 0.2) is 0 Å². The van der Waals surface area contributed by atoms with Crippen molar-refractivity contribution in [3.05, 3.63) is 24.3 Å². The van der Waals surface area contributed by atoms with Gasteiger partial charge in [-0.25, -0.2) is 0 Å². The number of anilines is 1. The SMILES string of the molecule is CCOc1ccccc1NC(=O)CC(N)C1CC1. The van der Waals surface area contributed by atoms with Crippen LogP contribution in [-0.4, -0.2) is 18.6 Å². The molecule has 98 valence electrons. The van der Waals surface area contributed by atoms with Crippen molar-refractivity contribution >= 4 is 11.6 Å². The van der Waals surface area contributed by atoms with E-state index in [0.29, 0.717) is 30.4 Å². The molecule has 3 N–H and O–H groups in total. The van der Waals surface area contributed by atoms with Crippen LogP contribution in [0.15, 0.2) is 24.3 Å². The van der Waals surface area contributed by atoms with Gasteiger partial charge in [-0.1, -0.05) is 12.1 Å². The van der Waals surface area contributed by atoms with E-state index >= 15 is 0 Å². The third-order valence-electron chi connectivity index (χ3n) is 3.11. The number of carbonyl (C=O) groups is 1. The van der Waals surface area contributed by atoms with Gasteiger partial charge in [0.05, 0.1) is 12.3 Å². The topological polar surface area (TPSA) is 64.3 Å². The van der Waals surface area contributed by atoms with Gasteiger partial charge in [0.1, 0.15) is 5.75 Å². The minimum absolute atomic E-state index is 0.00995. The summed E-state index contributed by atoms with van der Waals surface area (Å²) in [6.07, 6.45) is 2.69. The average Bonchev–Trinajstić information content (AvgIpc) is 3.15. The number of rotatable bonds is 6. The van der Waals surface area contributed by atoms with Crippen LogP contribution < -0.4 is 15.8 Å². The lowest BCUT2D eigenvalue weighted by Gasteiger charge is -2.13. The first kappa shape index (κ1) is 12.9. The number of para-hydroxylation sites is 2. The monoisotopic (exact) mass is 248 g/mol. The molecule has 1 aromatic rings. The Balaban J connectivity index is 1.93. The van der Waals surface area contributed by atoms with Gasteiger partial charge in [-0.3, -0.25) is 4.79 Å². The highest BCUT2D eigenvalue weighted by Crippen LogP contribution is 2.33. The van der Waals surface area contributed by atoms with Crippen molar-refractivity contribution in [2.45, 2.75) is 32.2 Å². The molecule has 4 heteroatoms. The highest BCUT2D eigenvalue weighted by atomic mass is 16.5. The van der Waals surface area contributed by atoms with Crippen LogP contribution in [0.4, 0.5) is 5.69 Å². The first-order valence-electron chi connectivity index (χ1n) is 6.48. The molecule has 1 aliphatic rings. The molecule has 0 spiro atoms. The van der Waals surface area contributed by atoms with E-state index in [2.05, 4.69) is 5.32 Å². The molecule has 4 nitrogen and oxygen atoms in total. The summed E-state index contributed by atoms with van der Waals surface area (Å²) in [7, 11) is 0. The second-order valence-corrected chi connectivity index (χ2v) is 4.68. The number of benzene rings is 1. The summed E-state index contributed by atoms with van der Waals surface area (Å²) in [5.41, 5.74) is 6.65. The maximum Gasteiger partial charge on any atom is 0.226 e. The molecular weight excluding hydrogens is 228 g/mol. The molecule has 1 saturated carbocycles. The lowest BCUT2D eigenvalue weighted by Crippen LogP contribution is -2.28. The Hall–Kier alpha value is -1.55. The molecule has 1 aliphatic carbocycles. The van der Waals surface area contributed by atoms with Gasteiger partial charge >= 0.3 is 0 Å². The molecule has 1 aromatic carbocycles. The Bertz CT molecular complexity index is 416. The summed E-state index contributed by atoms with van der Waals surface area (Å²) in [4.78, 5) is 11.9. The molecular formula is C14H20N2O2. The van der Waals surface area contributed by atoms with E-state index in [1.165, 1.54) is 0 Å². The van der Waals surface area contributed by atoms with Gasteiger partial charge < -0.3 is 15.8 Å². The maximum atomic E-state index is 11.9. The molecule has 1 atom stereocenters. The van der Waals surface area contributed by atoms with E-state index < -0.39 is 0 Å². The van der Waals surface area contributed by atoms with Crippen molar-refractivity contribution in [3.8, 4) is 5.75 Å². The van der Waals surface area contributed by atoms with Gasteiger partial charge in [0.2, 0.25) is 5.91 Å². The summed E-state index contributed by atoms with van der Waals surface area (Å²) in [6, 6.07) is 7.44. The minimum atomic E-state index is -0.0402. The number of hydrogen-bond acceptors (Lipinski definition) is 3. The summed E-state index contributed by atoms with van der Waals surface area (Å²) in [5.74, 6) is 1.20. The van der Waals surface area contributed by atoms with E-state index in [1.54, 1.807) is 0 Å². The van der Waals surface area contributed by atoms with E-state index in [0.717, 1.165) is 12.8 Å². The zero-order valence-corrected chi connectivity index (χ0v) is 10.7. The third-order valence-corrected chi connectivity index (χ3v) is 3.11. The molecule has 0 aromatic heterocycles. The number of nitrogens with two attached hydrogens (primary N) is 1. The first-order valence-corrected chi connectivity index (χ1v) is 6.48. The largest absolute Gasteiger partial charge is 0.492 e. The smallest absolute Gasteiger partial charge is 0.226 e. The Morgan fingerprint density at radius 1 is 1.50 bits per heavy atom. The zero-order chi connectivity index (χ0) is 13.0. The van der Waals surface area contributed by atoms with Crippen LogP contribution in [0.1, 0.15) is 26.2 Å².